The number of esters is 1. The van der Waals surface area contributed by atoms with Gasteiger partial charge in [-0.1, -0.05) is 0 Å². The van der Waals surface area contributed by atoms with E-state index in [9.17, 15) is 18.0 Å². The molecule has 1 saturated carbocycles. The summed E-state index contributed by atoms with van der Waals surface area (Å²) in [6.07, 6.45) is 8.19. The Bertz CT molecular complexity index is 1150. The van der Waals surface area contributed by atoms with Crippen molar-refractivity contribution in [2.24, 2.45) is 11.7 Å². The lowest BCUT2D eigenvalue weighted by Crippen LogP contribution is -2.43. The molecule has 12 nitrogen and oxygen atoms in total. The molecule has 0 saturated heterocycles. The minimum absolute atomic E-state index is 0. The molecule has 0 unspecified atom stereocenters. The van der Waals surface area contributed by atoms with Gasteiger partial charge in [0.25, 0.3) is 0 Å². The molecule has 1 amide bonds. The Balaban J connectivity index is 0.00000481. The van der Waals surface area contributed by atoms with Gasteiger partial charge < -0.3 is 20.7 Å². The summed E-state index contributed by atoms with van der Waals surface area (Å²) in [6, 6.07) is 0.720. The standard InChI is InChI=1S/C23H37N7O5S.ClH/c1-25-36(33,34)14-16-7-9-17(10-8-16)29(2)20-18-11-13-30(21(18)27-15-26-20)23(32)28-19(22(31)35-3)6-4-5-12-24;/h11,13,15-17,19,25H,4-10,12,14,24H2,1-3H3,(H,28,32);1H/t16?,17?,19-;/m0./s1. The van der Waals surface area contributed by atoms with E-state index in [0.717, 1.165) is 32.1 Å². The molecule has 0 aromatic carbocycles. The topological polar surface area (TPSA) is 162 Å². The summed E-state index contributed by atoms with van der Waals surface area (Å²) in [7, 11) is 1.47. The maximum atomic E-state index is 13.0. The Hall–Kier alpha value is -2.48. The Kier molecular flexibility index (Phi) is 11.5. The molecule has 1 atom stereocenters. The number of amides is 1. The van der Waals surface area contributed by atoms with Gasteiger partial charge in [-0.15, -0.1) is 12.4 Å². The van der Waals surface area contributed by atoms with E-state index in [1.807, 2.05) is 7.05 Å². The molecule has 0 spiro atoms. The van der Waals surface area contributed by atoms with Crippen molar-refractivity contribution < 1.29 is 22.7 Å². The van der Waals surface area contributed by atoms with Crippen LogP contribution in [0.25, 0.3) is 11.0 Å². The highest BCUT2D eigenvalue weighted by atomic mass is 35.5. The van der Waals surface area contributed by atoms with Gasteiger partial charge in [0.1, 0.15) is 18.2 Å². The van der Waals surface area contributed by atoms with Crippen LogP contribution in [-0.4, -0.2) is 80.5 Å². The lowest BCUT2D eigenvalue weighted by atomic mass is 9.86. The first-order chi connectivity index (χ1) is 17.2. The summed E-state index contributed by atoms with van der Waals surface area (Å²) in [4.78, 5) is 36.1. The zero-order valence-corrected chi connectivity index (χ0v) is 23.2. The molecule has 0 bridgehead atoms. The fraction of sp³-hybridized carbons (Fsp3) is 0.652. The molecule has 14 heteroatoms. The molecule has 4 N–H and O–H groups in total. The number of nitrogens with one attached hydrogen (secondary N) is 2. The molecule has 3 rings (SSSR count). The van der Waals surface area contributed by atoms with Gasteiger partial charge in [-0.05, 0) is 70.5 Å². The summed E-state index contributed by atoms with van der Waals surface area (Å²) in [5.74, 6) is 0.472. The molecule has 37 heavy (non-hydrogen) atoms. The highest BCUT2D eigenvalue weighted by Crippen LogP contribution is 2.32. The Morgan fingerprint density at radius 3 is 2.57 bits per heavy atom. The van der Waals surface area contributed by atoms with Gasteiger partial charge >= 0.3 is 12.0 Å². The number of sulfonamides is 1. The largest absolute Gasteiger partial charge is 0.467 e. The van der Waals surface area contributed by atoms with Crippen LogP contribution in [0.1, 0.15) is 44.9 Å². The predicted molar refractivity (Wildman–Crippen MR) is 144 cm³/mol. The average molecular weight is 560 g/mol. The third-order valence-electron chi connectivity index (χ3n) is 6.87. The lowest BCUT2D eigenvalue weighted by Gasteiger charge is -2.35. The monoisotopic (exact) mass is 559 g/mol. The van der Waals surface area contributed by atoms with E-state index in [1.54, 1.807) is 12.3 Å². The van der Waals surface area contributed by atoms with Crippen molar-refractivity contribution in [1.82, 2.24) is 24.6 Å². The van der Waals surface area contributed by atoms with Crippen molar-refractivity contribution in [2.45, 2.75) is 57.0 Å². The predicted octanol–water partition coefficient (Wildman–Crippen LogP) is 1.63. The number of halogens is 1. The summed E-state index contributed by atoms with van der Waals surface area (Å²) < 4.78 is 32.4. The van der Waals surface area contributed by atoms with Crippen LogP contribution in [0.3, 0.4) is 0 Å². The Morgan fingerprint density at radius 1 is 1.24 bits per heavy atom. The number of carbonyl (C=O) groups excluding carboxylic acids is 2. The van der Waals surface area contributed by atoms with E-state index in [0.29, 0.717) is 36.2 Å². The minimum Gasteiger partial charge on any atom is -0.467 e. The second kappa shape index (κ2) is 13.9. The number of unbranched alkanes of at least 4 members (excludes halogenated alkanes) is 1. The van der Waals surface area contributed by atoms with Crippen molar-refractivity contribution in [3.8, 4) is 0 Å². The quantitative estimate of drug-likeness (QED) is 0.274. The fourth-order valence-corrected chi connectivity index (χ4v) is 5.87. The molecular formula is C23H38ClN7O5S. The maximum Gasteiger partial charge on any atom is 0.328 e. The van der Waals surface area contributed by atoms with Gasteiger partial charge in [0, 0.05) is 19.3 Å². The second-order valence-corrected chi connectivity index (χ2v) is 11.2. The van der Waals surface area contributed by atoms with Crippen molar-refractivity contribution in [2.75, 3.05) is 38.4 Å². The molecule has 2 heterocycles. The number of aromatic nitrogens is 3. The van der Waals surface area contributed by atoms with Crippen LogP contribution in [0.2, 0.25) is 0 Å². The van der Waals surface area contributed by atoms with Gasteiger partial charge in [0.15, 0.2) is 5.65 Å². The number of carbonyl (C=O) groups is 2. The number of fused-ring (bicyclic) bond motifs is 1. The van der Waals surface area contributed by atoms with Gasteiger partial charge in [0.05, 0.1) is 18.2 Å². The van der Waals surface area contributed by atoms with Crippen LogP contribution in [0.4, 0.5) is 10.6 Å². The first-order valence-electron chi connectivity index (χ1n) is 12.3. The lowest BCUT2D eigenvalue weighted by molar-refractivity contribution is -0.143. The molecular weight excluding hydrogens is 522 g/mol. The number of hydrogen-bond acceptors (Lipinski definition) is 9. The Labute approximate surface area is 224 Å². The number of hydrogen-bond donors (Lipinski definition) is 3. The third kappa shape index (κ3) is 7.76. The van der Waals surface area contributed by atoms with E-state index in [1.165, 1.54) is 25.1 Å². The smallest absolute Gasteiger partial charge is 0.328 e. The molecule has 1 aliphatic carbocycles. The molecule has 1 aliphatic rings. The Morgan fingerprint density at radius 2 is 1.95 bits per heavy atom. The van der Waals surface area contributed by atoms with Crippen molar-refractivity contribution in [3.05, 3.63) is 18.6 Å². The van der Waals surface area contributed by atoms with Crippen molar-refractivity contribution in [1.29, 1.82) is 0 Å². The SMILES string of the molecule is CNS(=O)(=O)CC1CCC(N(C)c2ncnc3c2ccn3C(=O)N[C@@H](CCCCN)C(=O)OC)CC1.Cl. The van der Waals surface area contributed by atoms with Crippen LogP contribution in [0.5, 0.6) is 0 Å². The molecule has 2 aromatic rings. The number of nitrogens with two attached hydrogens (primary N) is 1. The zero-order chi connectivity index (χ0) is 26.3. The van der Waals surface area contributed by atoms with Crippen LogP contribution < -0.4 is 20.7 Å². The first kappa shape index (κ1) is 30.7. The fourth-order valence-electron chi connectivity index (χ4n) is 4.75. The second-order valence-electron chi connectivity index (χ2n) is 9.20. The normalized spacial score (nSPS) is 18.6. The molecule has 208 valence electrons. The van der Waals surface area contributed by atoms with Gasteiger partial charge in [-0.3, -0.25) is 4.57 Å². The summed E-state index contributed by atoms with van der Waals surface area (Å²) in [5, 5.41) is 3.46. The molecule has 2 aromatic heterocycles. The van der Waals surface area contributed by atoms with Gasteiger partial charge in [-0.25, -0.2) is 32.7 Å². The van der Waals surface area contributed by atoms with Crippen LogP contribution >= 0.6 is 12.4 Å². The van der Waals surface area contributed by atoms with Crippen molar-refractivity contribution in [3.63, 3.8) is 0 Å². The van der Waals surface area contributed by atoms with Crippen LogP contribution in [0.15, 0.2) is 18.6 Å². The summed E-state index contributed by atoms with van der Waals surface area (Å²) >= 11 is 0. The van der Waals surface area contributed by atoms with Crippen LogP contribution in [-0.2, 0) is 19.6 Å². The van der Waals surface area contributed by atoms with Gasteiger partial charge in [0.2, 0.25) is 10.0 Å². The van der Waals surface area contributed by atoms with E-state index < -0.39 is 28.1 Å². The molecule has 1 fully saturated rings. The van der Waals surface area contributed by atoms with E-state index >= 15 is 0 Å². The third-order valence-corrected chi connectivity index (χ3v) is 8.41. The summed E-state index contributed by atoms with van der Waals surface area (Å²) in [6.45, 7) is 0.508. The highest BCUT2D eigenvalue weighted by molar-refractivity contribution is 7.89. The number of rotatable bonds is 11. The van der Waals surface area contributed by atoms with Gasteiger partial charge in [-0.2, -0.15) is 0 Å². The molecule has 0 aliphatic heterocycles. The number of ether oxygens (including phenoxy) is 1. The number of anilines is 1. The first-order valence-corrected chi connectivity index (χ1v) is 13.9. The zero-order valence-electron chi connectivity index (χ0n) is 21.6. The highest BCUT2D eigenvalue weighted by Gasteiger charge is 2.29. The van der Waals surface area contributed by atoms with E-state index in [2.05, 4.69) is 24.9 Å². The average Bonchev–Trinajstić information content (AvgIpc) is 3.32. The van der Waals surface area contributed by atoms with Crippen molar-refractivity contribution >= 4 is 51.3 Å². The maximum absolute atomic E-state index is 13.0. The number of nitrogens with zero attached hydrogens (tertiary/aromatic N) is 4. The minimum atomic E-state index is -3.23. The van der Waals surface area contributed by atoms with E-state index in [4.69, 9.17) is 10.5 Å². The molecule has 0 radical (unpaired) electrons. The van der Waals surface area contributed by atoms with E-state index in [-0.39, 0.29) is 30.1 Å². The van der Waals surface area contributed by atoms with Crippen LogP contribution in [0, 0.1) is 5.92 Å². The summed E-state index contributed by atoms with van der Waals surface area (Å²) in [5.41, 5.74) is 5.97. The number of methoxy groups -OCH3 is 1.